The molecule has 1 N–H and O–H groups in total. The molecule has 5 nitrogen and oxygen atoms in total. The molecule has 0 aliphatic carbocycles. The summed E-state index contributed by atoms with van der Waals surface area (Å²) in [4.78, 5) is 3.78. The average Bonchev–Trinajstić information content (AvgIpc) is 1.88. The van der Waals surface area contributed by atoms with Crippen LogP contribution < -0.4 is 14.0 Å². The van der Waals surface area contributed by atoms with Crippen molar-refractivity contribution in [2.45, 2.75) is 0 Å². The Morgan fingerprint density at radius 2 is 1.36 bits per heavy atom. The second-order valence-electron chi connectivity index (χ2n) is 1.42. The van der Waals surface area contributed by atoms with E-state index in [0.717, 1.165) is 0 Å². The zero-order valence-corrected chi connectivity index (χ0v) is 6.14. The Hall–Kier alpha value is -0.720. The minimum atomic E-state index is -4.69. The van der Waals surface area contributed by atoms with Gasteiger partial charge in [0.2, 0.25) is 0 Å². The van der Waals surface area contributed by atoms with Gasteiger partial charge in [-0.25, -0.2) is 0 Å². The fraction of sp³-hybridized carbons (Fsp3) is 0. The van der Waals surface area contributed by atoms with Crippen molar-refractivity contribution in [1.29, 1.82) is 0 Å². The van der Waals surface area contributed by atoms with Crippen LogP contribution in [0, 0.1) is 10.2 Å². The molecule has 0 spiro atoms. The third-order valence-corrected chi connectivity index (χ3v) is 0.566. The summed E-state index contributed by atoms with van der Waals surface area (Å²) in [6.07, 6.45) is 3.50. The van der Waals surface area contributed by atoms with Crippen molar-refractivity contribution in [3.8, 4) is 0 Å². The number of halogens is 1. The van der Waals surface area contributed by atoms with E-state index in [-0.39, 0.29) is 0 Å². The van der Waals surface area contributed by atoms with E-state index >= 15 is 0 Å². The Kier molecular flexibility index (Phi) is 4.67. The molecule has 0 amide bonds. The van der Waals surface area contributed by atoms with Gasteiger partial charge in [0.1, 0.15) is 0 Å². The summed E-state index contributed by atoms with van der Waals surface area (Å²) in [6, 6.07) is 5.72. The summed E-state index contributed by atoms with van der Waals surface area (Å²) in [7, 11) is -4.69. The number of rotatable bonds is 0. The number of aromatic nitrogens is 1. The zero-order chi connectivity index (χ0) is 8.74. The molecule has 0 aliphatic rings. The summed E-state index contributed by atoms with van der Waals surface area (Å²) in [5.74, 6) is 0. The lowest BCUT2D eigenvalue weighted by Gasteiger charge is -2.03. The molecule has 1 heterocycles. The summed E-state index contributed by atoms with van der Waals surface area (Å²) in [5.41, 5.74) is 0. The molecule has 0 aromatic carbocycles. The van der Waals surface area contributed by atoms with Crippen LogP contribution in [-0.2, 0) is 0 Å². The van der Waals surface area contributed by atoms with Crippen molar-refractivity contribution in [3.05, 3.63) is 30.6 Å². The first-order valence-corrected chi connectivity index (χ1v) is 3.75. The van der Waals surface area contributed by atoms with Gasteiger partial charge in [0.05, 0.1) is 14.9 Å². The van der Waals surface area contributed by atoms with E-state index in [1.54, 1.807) is 12.4 Å². The van der Waals surface area contributed by atoms with Crippen molar-refractivity contribution in [2.75, 3.05) is 0 Å². The minimum Gasteiger partial charge on any atom is -0.265 e. The first-order chi connectivity index (χ1) is 5.00. The van der Waals surface area contributed by atoms with Gasteiger partial charge in [0, 0.05) is 12.4 Å². The van der Waals surface area contributed by atoms with Crippen LogP contribution in [0.15, 0.2) is 30.6 Å². The van der Waals surface area contributed by atoms with Crippen LogP contribution in [0.25, 0.3) is 0 Å². The molecule has 1 aromatic heterocycles. The normalized spacial score (nSPS) is 9.82. The number of hydrogen-bond donors (Lipinski definition) is 1. The standard InChI is InChI=1S/C5H5N.ClHO4/c1-2-4-6-5-3-1;2-1(3,4)5/h1-5H;(H,2,3,4,5). The average molecular weight is 180 g/mol. The summed E-state index contributed by atoms with van der Waals surface area (Å²) in [6.45, 7) is 0. The molecule has 1 aromatic rings. The van der Waals surface area contributed by atoms with Crippen molar-refractivity contribution < 1.29 is 28.9 Å². The van der Waals surface area contributed by atoms with Gasteiger partial charge in [-0.05, 0) is 12.1 Å². The number of pyridine rings is 1. The zero-order valence-electron chi connectivity index (χ0n) is 5.38. The Labute approximate surface area is 65.3 Å². The van der Waals surface area contributed by atoms with E-state index in [4.69, 9.17) is 18.6 Å². The Morgan fingerprint density at radius 3 is 1.45 bits per heavy atom. The van der Waals surface area contributed by atoms with Gasteiger partial charge in [0.15, 0.2) is 0 Å². The second-order valence-corrected chi connectivity index (χ2v) is 2.21. The van der Waals surface area contributed by atoms with Gasteiger partial charge in [-0.15, -0.1) is 0 Å². The third kappa shape index (κ3) is 17.6. The highest BCUT2D eigenvalue weighted by molar-refractivity contribution is 4.88. The molecule has 0 bridgehead atoms. The molecule has 0 aliphatic heterocycles. The van der Waals surface area contributed by atoms with Crippen molar-refractivity contribution in [2.24, 2.45) is 0 Å². The van der Waals surface area contributed by atoms with Crippen LogP contribution >= 0.6 is 0 Å². The molecule has 0 radical (unpaired) electrons. The monoisotopic (exact) mass is 179 g/mol. The molecule has 0 unspecified atom stereocenters. The van der Waals surface area contributed by atoms with Gasteiger partial charge in [0.25, 0.3) is 0 Å². The van der Waals surface area contributed by atoms with Gasteiger partial charge in [-0.3, -0.25) is 4.98 Å². The maximum atomic E-state index is 8.60. The van der Waals surface area contributed by atoms with Gasteiger partial charge >= 0.3 is 0 Å². The van der Waals surface area contributed by atoms with Gasteiger partial charge in [-0.2, -0.15) is 14.0 Å². The third-order valence-electron chi connectivity index (χ3n) is 0.566. The lowest BCUT2D eigenvalue weighted by atomic mass is 10.5. The summed E-state index contributed by atoms with van der Waals surface area (Å²) in [5, 5.41) is 0. The van der Waals surface area contributed by atoms with E-state index in [1.807, 2.05) is 18.2 Å². The van der Waals surface area contributed by atoms with Crippen LogP contribution in [0.3, 0.4) is 0 Å². The molecule has 0 atom stereocenters. The maximum absolute atomic E-state index is 8.60. The van der Waals surface area contributed by atoms with Crippen LogP contribution in [0.4, 0.5) is 0 Å². The summed E-state index contributed by atoms with van der Waals surface area (Å²) < 4.78 is 32.7. The van der Waals surface area contributed by atoms with E-state index in [9.17, 15) is 0 Å². The van der Waals surface area contributed by atoms with Crippen LogP contribution in [0.2, 0.25) is 0 Å². The fourth-order valence-corrected chi connectivity index (χ4v) is 0.313. The number of nitrogens with zero attached hydrogens (tertiary/aromatic N) is 1. The predicted molar refractivity (Wildman–Crippen MR) is 26.5 cm³/mol. The van der Waals surface area contributed by atoms with E-state index in [0.29, 0.717) is 0 Å². The highest BCUT2D eigenvalue weighted by atomic mass is 35.7. The topological polar surface area (TPSA) is 102 Å². The van der Waals surface area contributed by atoms with Gasteiger partial charge in [-0.1, -0.05) is 6.07 Å². The lowest BCUT2D eigenvalue weighted by Crippen LogP contribution is -2.58. The Bertz CT molecular complexity index is 143. The molecule has 0 fully saturated rings. The quantitative estimate of drug-likeness (QED) is 0.456. The fourth-order valence-electron chi connectivity index (χ4n) is 0.313. The van der Waals surface area contributed by atoms with Crippen LogP contribution in [-0.4, -0.2) is 9.64 Å². The highest BCUT2D eigenvalue weighted by Crippen LogP contribution is 1.73. The molecular weight excluding hydrogens is 174 g/mol. The van der Waals surface area contributed by atoms with E-state index < -0.39 is 10.2 Å². The maximum Gasteiger partial charge on any atom is 0.0777 e. The Morgan fingerprint density at radius 1 is 1.00 bits per heavy atom. The largest absolute Gasteiger partial charge is 0.265 e. The van der Waals surface area contributed by atoms with Crippen LogP contribution in [0.5, 0.6) is 0 Å². The first-order valence-electron chi connectivity index (χ1n) is 2.48. The smallest absolute Gasteiger partial charge is 0.0777 e. The molecule has 0 saturated heterocycles. The highest BCUT2D eigenvalue weighted by Gasteiger charge is 1.98. The molecule has 62 valence electrons. The van der Waals surface area contributed by atoms with Crippen molar-refractivity contribution in [1.82, 2.24) is 4.98 Å². The summed E-state index contributed by atoms with van der Waals surface area (Å²) >= 11 is 0. The molecular formula is C5H6ClNO4. The first kappa shape index (κ1) is 10.3. The lowest BCUT2D eigenvalue weighted by molar-refractivity contribution is -1.92. The SMILES string of the molecule is [O-][Cl+3]([O-])([O-])O.c1ccncc1. The van der Waals surface area contributed by atoms with Crippen LogP contribution in [0.1, 0.15) is 0 Å². The molecule has 1 rings (SSSR count). The van der Waals surface area contributed by atoms with Crippen molar-refractivity contribution >= 4 is 0 Å². The van der Waals surface area contributed by atoms with Gasteiger partial charge < -0.3 is 0 Å². The molecule has 11 heavy (non-hydrogen) atoms. The molecule has 0 saturated carbocycles. The van der Waals surface area contributed by atoms with E-state index in [2.05, 4.69) is 4.98 Å². The second kappa shape index (κ2) is 5.00. The predicted octanol–water partition coefficient (Wildman–Crippen LogP) is -3.04. The van der Waals surface area contributed by atoms with E-state index in [1.165, 1.54) is 0 Å². The minimum absolute atomic E-state index is 1.75. The molecule has 6 heteroatoms. The number of hydrogen-bond acceptors (Lipinski definition) is 5. The van der Waals surface area contributed by atoms with Crippen molar-refractivity contribution in [3.63, 3.8) is 0 Å². The Balaban J connectivity index is 0.000000187.